The molecule has 0 heterocycles. The summed E-state index contributed by atoms with van der Waals surface area (Å²) in [5.41, 5.74) is 1.68. The maximum Gasteiger partial charge on any atom is 0.318 e. The number of carbonyl (C=O) groups is 3. The van der Waals surface area contributed by atoms with Crippen molar-refractivity contribution in [3.05, 3.63) is 35.4 Å². The average molecular weight is 277 g/mol. The van der Waals surface area contributed by atoms with Crippen LogP contribution in [0.15, 0.2) is 24.3 Å². The molecule has 0 saturated heterocycles. The van der Waals surface area contributed by atoms with Gasteiger partial charge in [-0.1, -0.05) is 29.8 Å². The molecule has 2 atom stereocenters. The van der Waals surface area contributed by atoms with E-state index in [1.807, 2.05) is 25.1 Å². The monoisotopic (exact) mass is 277 g/mol. The van der Waals surface area contributed by atoms with Crippen LogP contribution < -0.4 is 5.32 Å². The summed E-state index contributed by atoms with van der Waals surface area (Å²) in [6.07, 6.45) is 0. The second-order valence-corrected chi connectivity index (χ2v) is 4.70. The van der Waals surface area contributed by atoms with Crippen molar-refractivity contribution in [1.29, 1.82) is 0 Å². The molecule has 0 saturated carbocycles. The SMILES string of the molecule is COC(=O)[C@@H](C(C)=O)[C@@H](NC(C)=O)c1cccc(C)c1. The minimum atomic E-state index is -1.05. The smallest absolute Gasteiger partial charge is 0.318 e. The number of ketones is 1. The zero-order valence-electron chi connectivity index (χ0n) is 12.1. The number of benzene rings is 1. The summed E-state index contributed by atoms with van der Waals surface area (Å²) in [5, 5.41) is 2.66. The van der Waals surface area contributed by atoms with Crippen LogP contribution in [0.5, 0.6) is 0 Å². The summed E-state index contributed by atoms with van der Waals surface area (Å²) in [6.45, 7) is 4.55. The van der Waals surface area contributed by atoms with E-state index in [-0.39, 0.29) is 11.7 Å². The van der Waals surface area contributed by atoms with Crippen LogP contribution in [0.2, 0.25) is 0 Å². The molecule has 1 N–H and O–H groups in total. The molecular formula is C15H19NO4. The van der Waals surface area contributed by atoms with Gasteiger partial charge in [-0.15, -0.1) is 0 Å². The van der Waals surface area contributed by atoms with Gasteiger partial charge in [-0.3, -0.25) is 14.4 Å². The van der Waals surface area contributed by atoms with Crippen LogP contribution in [-0.2, 0) is 19.1 Å². The van der Waals surface area contributed by atoms with E-state index in [0.717, 1.165) is 5.56 Å². The zero-order chi connectivity index (χ0) is 15.3. The molecule has 5 heteroatoms. The largest absolute Gasteiger partial charge is 0.468 e. The molecule has 0 radical (unpaired) electrons. The Morgan fingerprint density at radius 3 is 2.30 bits per heavy atom. The number of ether oxygens (including phenoxy) is 1. The first-order chi connectivity index (χ1) is 9.36. The Morgan fingerprint density at radius 1 is 1.20 bits per heavy atom. The van der Waals surface area contributed by atoms with Gasteiger partial charge in [0.1, 0.15) is 11.7 Å². The highest BCUT2D eigenvalue weighted by Crippen LogP contribution is 2.25. The van der Waals surface area contributed by atoms with Crippen LogP contribution in [0.25, 0.3) is 0 Å². The lowest BCUT2D eigenvalue weighted by Gasteiger charge is -2.24. The van der Waals surface area contributed by atoms with Gasteiger partial charge in [0.2, 0.25) is 5.91 Å². The van der Waals surface area contributed by atoms with E-state index in [1.165, 1.54) is 21.0 Å². The molecule has 0 aliphatic heterocycles. The topological polar surface area (TPSA) is 72.5 Å². The average Bonchev–Trinajstić information content (AvgIpc) is 2.36. The van der Waals surface area contributed by atoms with Crippen molar-refractivity contribution in [2.75, 3.05) is 7.11 Å². The Bertz CT molecular complexity index is 524. The second kappa shape index (κ2) is 6.84. The van der Waals surface area contributed by atoms with Crippen molar-refractivity contribution in [2.45, 2.75) is 26.8 Å². The van der Waals surface area contributed by atoms with Crippen LogP contribution in [0.1, 0.15) is 31.0 Å². The Labute approximate surface area is 118 Å². The number of Topliss-reactive ketones (excluding diaryl/α,β-unsaturated/α-hetero) is 1. The Morgan fingerprint density at radius 2 is 1.85 bits per heavy atom. The summed E-state index contributed by atoms with van der Waals surface area (Å²) in [5.74, 6) is -2.37. The molecule has 5 nitrogen and oxygen atoms in total. The predicted molar refractivity (Wildman–Crippen MR) is 73.9 cm³/mol. The van der Waals surface area contributed by atoms with Gasteiger partial charge in [0.15, 0.2) is 0 Å². The number of hydrogen-bond acceptors (Lipinski definition) is 4. The zero-order valence-corrected chi connectivity index (χ0v) is 12.1. The highest BCUT2D eigenvalue weighted by atomic mass is 16.5. The van der Waals surface area contributed by atoms with Crippen LogP contribution in [0, 0.1) is 12.8 Å². The first-order valence-corrected chi connectivity index (χ1v) is 6.28. The van der Waals surface area contributed by atoms with Crippen LogP contribution in [-0.4, -0.2) is 24.8 Å². The fraction of sp³-hybridized carbons (Fsp3) is 0.400. The quantitative estimate of drug-likeness (QED) is 0.654. The van der Waals surface area contributed by atoms with E-state index in [1.54, 1.807) is 6.07 Å². The first-order valence-electron chi connectivity index (χ1n) is 6.28. The first kappa shape index (κ1) is 15.9. The molecule has 0 bridgehead atoms. The Kier molecular flexibility index (Phi) is 5.43. The molecule has 1 amide bonds. The molecule has 1 aromatic rings. The van der Waals surface area contributed by atoms with Gasteiger partial charge in [0, 0.05) is 6.92 Å². The number of amides is 1. The highest BCUT2D eigenvalue weighted by molar-refractivity contribution is 5.99. The molecule has 0 unspecified atom stereocenters. The van der Waals surface area contributed by atoms with Crippen molar-refractivity contribution in [3.63, 3.8) is 0 Å². The third-order valence-electron chi connectivity index (χ3n) is 2.99. The fourth-order valence-corrected chi connectivity index (χ4v) is 2.11. The van der Waals surface area contributed by atoms with Gasteiger partial charge in [0.05, 0.1) is 13.2 Å². The van der Waals surface area contributed by atoms with Crippen molar-refractivity contribution < 1.29 is 19.1 Å². The molecule has 1 rings (SSSR count). The Balaban J connectivity index is 3.25. The molecular weight excluding hydrogens is 258 g/mol. The number of hydrogen-bond donors (Lipinski definition) is 1. The van der Waals surface area contributed by atoms with E-state index >= 15 is 0 Å². The van der Waals surface area contributed by atoms with E-state index in [2.05, 4.69) is 10.1 Å². The van der Waals surface area contributed by atoms with Gasteiger partial charge in [-0.05, 0) is 19.4 Å². The number of nitrogens with one attached hydrogen (secondary N) is 1. The van der Waals surface area contributed by atoms with Gasteiger partial charge in [-0.2, -0.15) is 0 Å². The lowest BCUT2D eigenvalue weighted by molar-refractivity contribution is -0.150. The lowest BCUT2D eigenvalue weighted by Crippen LogP contribution is -2.39. The van der Waals surface area contributed by atoms with Crippen LogP contribution in [0.4, 0.5) is 0 Å². The third kappa shape index (κ3) is 3.91. The van der Waals surface area contributed by atoms with Crippen molar-refractivity contribution in [1.82, 2.24) is 5.32 Å². The lowest BCUT2D eigenvalue weighted by atomic mass is 9.89. The number of rotatable bonds is 5. The predicted octanol–water partition coefficient (Wildman–Crippen LogP) is 1.55. The van der Waals surface area contributed by atoms with Gasteiger partial charge in [-0.25, -0.2) is 0 Å². The van der Waals surface area contributed by atoms with Crippen LogP contribution >= 0.6 is 0 Å². The standard InChI is InChI=1S/C15H19NO4/c1-9-6-5-7-12(8-9)14(16-11(3)18)13(10(2)17)15(19)20-4/h5-8,13-14H,1-4H3,(H,16,18)/t13-,14-/m0/s1. The van der Waals surface area contributed by atoms with E-state index in [9.17, 15) is 14.4 Å². The van der Waals surface area contributed by atoms with E-state index < -0.39 is 17.9 Å². The maximum absolute atomic E-state index is 11.8. The van der Waals surface area contributed by atoms with E-state index in [0.29, 0.717) is 5.56 Å². The van der Waals surface area contributed by atoms with Gasteiger partial charge in [0.25, 0.3) is 0 Å². The summed E-state index contributed by atoms with van der Waals surface area (Å²) < 4.78 is 4.68. The molecule has 20 heavy (non-hydrogen) atoms. The van der Waals surface area contributed by atoms with Crippen LogP contribution in [0.3, 0.4) is 0 Å². The number of esters is 1. The molecule has 0 aliphatic rings. The molecule has 0 aliphatic carbocycles. The number of methoxy groups -OCH3 is 1. The molecule has 108 valence electrons. The van der Waals surface area contributed by atoms with Crippen molar-refractivity contribution in [2.24, 2.45) is 5.92 Å². The number of aryl methyl sites for hydroxylation is 1. The molecule has 1 aromatic carbocycles. The van der Waals surface area contributed by atoms with Crippen molar-refractivity contribution >= 4 is 17.7 Å². The second-order valence-electron chi connectivity index (χ2n) is 4.70. The molecule has 0 spiro atoms. The minimum Gasteiger partial charge on any atom is -0.468 e. The normalized spacial score (nSPS) is 13.2. The minimum absolute atomic E-state index is 0.313. The van der Waals surface area contributed by atoms with Gasteiger partial charge >= 0.3 is 5.97 Å². The summed E-state index contributed by atoms with van der Waals surface area (Å²) in [6, 6.07) is 6.59. The fourth-order valence-electron chi connectivity index (χ4n) is 2.11. The Hall–Kier alpha value is -2.17. The summed E-state index contributed by atoms with van der Waals surface area (Å²) >= 11 is 0. The van der Waals surface area contributed by atoms with Crippen molar-refractivity contribution in [3.8, 4) is 0 Å². The third-order valence-corrected chi connectivity index (χ3v) is 2.99. The van der Waals surface area contributed by atoms with Gasteiger partial charge < -0.3 is 10.1 Å². The number of carbonyl (C=O) groups excluding carboxylic acids is 3. The molecule has 0 fully saturated rings. The summed E-state index contributed by atoms with van der Waals surface area (Å²) in [7, 11) is 1.22. The highest BCUT2D eigenvalue weighted by Gasteiger charge is 2.35. The summed E-state index contributed by atoms with van der Waals surface area (Å²) in [4.78, 5) is 35.0. The maximum atomic E-state index is 11.8. The molecule has 0 aromatic heterocycles. The van der Waals surface area contributed by atoms with E-state index in [4.69, 9.17) is 0 Å².